The van der Waals surface area contributed by atoms with Gasteiger partial charge in [-0.1, -0.05) is 6.92 Å². The van der Waals surface area contributed by atoms with E-state index in [-0.39, 0.29) is 18.6 Å². The molecule has 1 aliphatic heterocycles. The second-order valence-electron chi connectivity index (χ2n) is 3.46. The molecule has 1 aliphatic rings. The third-order valence-corrected chi connectivity index (χ3v) is 2.36. The van der Waals surface area contributed by atoms with Gasteiger partial charge in [0.25, 0.3) is 0 Å². The first-order chi connectivity index (χ1) is 6.20. The standard InChI is InChI=1S/C9H18N2O2/c1-3-5-11-9(13)4-6-10(11)8(2)7-12/h8,12H,3-7H2,1-2H3. The molecule has 0 aliphatic carbocycles. The quantitative estimate of drug-likeness (QED) is 0.683. The summed E-state index contributed by atoms with van der Waals surface area (Å²) in [4.78, 5) is 11.4. The number of rotatable bonds is 4. The van der Waals surface area contributed by atoms with Gasteiger partial charge in [0, 0.05) is 25.6 Å². The van der Waals surface area contributed by atoms with E-state index in [9.17, 15) is 4.79 Å². The van der Waals surface area contributed by atoms with E-state index in [1.54, 1.807) is 5.01 Å². The van der Waals surface area contributed by atoms with Crippen molar-refractivity contribution in [2.75, 3.05) is 19.7 Å². The average Bonchev–Trinajstić information content (AvgIpc) is 2.48. The fourth-order valence-corrected chi connectivity index (χ4v) is 1.62. The van der Waals surface area contributed by atoms with Gasteiger partial charge in [0.05, 0.1) is 6.61 Å². The van der Waals surface area contributed by atoms with E-state index in [0.717, 1.165) is 19.5 Å². The summed E-state index contributed by atoms with van der Waals surface area (Å²) in [6, 6.07) is 0.0537. The number of hydrogen-bond donors (Lipinski definition) is 1. The number of aliphatic hydroxyl groups excluding tert-OH is 1. The summed E-state index contributed by atoms with van der Waals surface area (Å²) in [6.45, 7) is 5.60. The Labute approximate surface area is 79.1 Å². The molecule has 0 radical (unpaired) electrons. The zero-order chi connectivity index (χ0) is 9.84. The number of nitrogens with zero attached hydrogens (tertiary/aromatic N) is 2. The smallest absolute Gasteiger partial charge is 0.238 e. The summed E-state index contributed by atoms with van der Waals surface area (Å²) in [5.41, 5.74) is 0. The highest BCUT2D eigenvalue weighted by molar-refractivity contribution is 5.77. The van der Waals surface area contributed by atoms with Crippen molar-refractivity contribution in [3.8, 4) is 0 Å². The van der Waals surface area contributed by atoms with E-state index in [1.807, 2.05) is 18.9 Å². The van der Waals surface area contributed by atoms with Crippen LogP contribution in [0.3, 0.4) is 0 Å². The molecule has 1 rings (SSSR count). The minimum atomic E-state index is 0.0537. The molecule has 1 saturated heterocycles. The highest BCUT2D eigenvalue weighted by Gasteiger charge is 2.30. The maximum atomic E-state index is 11.4. The van der Waals surface area contributed by atoms with Crippen LogP contribution in [0.4, 0.5) is 0 Å². The van der Waals surface area contributed by atoms with Crippen molar-refractivity contribution in [1.82, 2.24) is 10.0 Å². The van der Waals surface area contributed by atoms with Gasteiger partial charge in [-0.3, -0.25) is 9.80 Å². The molecule has 1 fully saturated rings. The first-order valence-corrected chi connectivity index (χ1v) is 4.88. The highest BCUT2D eigenvalue weighted by Crippen LogP contribution is 2.15. The lowest BCUT2D eigenvalue weighted by Crippen LogP contribution is -2.46. The Kier molecular flexibility index (Phi) is 3.69. The Balaban J connectivity index is 2.58. The van der Waals surface area contributed by atoms with Crippen molar-refractivity contribution in [2.45, 2.75) is 32.7 Å². The van der Waals surface area contributed by atoms with Crippen LogP contribution in [-0.2, 0) is 4.79 Å². The lowest BCUT2D eigenvalue weighted by molar-refractivity contribution is -0.141. The summed E-state index contributed by atoms with van der Waals surface area (Å²) in [7, 11) is 0. The van der Waals surface area contributed by atoms with Crippen molar-refractivity contribution in [1.29, 1.82) is 0 Å². The van der Waals surface area contributed by atoms with Crippen molar-refractivity contribution in [2.24, 2.45) is 0 Å². The number of carbonyl (C=O) groups excluding carboxylic acids is 1. The van der Waals surface area contributed by atoms with Crippen molar-refractivity contribution >= 4 is 5.91 Å². The molecular weight excluding hydrogens is 168 g/mol. The van der Waals surface area contributed by atoms with Gasteiger partial charge < -0.3 is 5.11 Å². The number of hydrazine groups is 1. The molecule has 0 bridgehead atoms. The molecule has 0 saturated carbocycles. The normalized spacial score (nSPS) is 21.2. The average molecular weight is 186 g/mol. The summed E-state index contributed by atoms with van der Waals surface area (Å²) < 4.78 is 0. The summed E-state index contributed by atoms with van der Waals surface area (Å²) in [5.74, 6) is 0.183. The van der Waals surface area contributed by atoms with E-state index in [1.165, 1.54) is 0 Å². The van der Waals surface area contributed by atoms with Crippen LogP contribution in [0.1, 0.15) is 26.7 Å². The maximum absolute atomic E-state index is 11.4. The van der Waals surface area contributed by atoms with Crippen LogP contribution >= 0.6 is 0 Å². The number of aliphatic hydroxyl groups is 1. The predicted octanol–water partition coefficient (Wildman–Crippen LogP) is 0.226. The van der Waals surface area contributed by atoms with Crippen molar-refractivity contribution in [3.63, 3.8) is 0 Å². The molecule has 13 heavy (non-hydrogen) atoms. The van der Waals surface area contributed by atoms with Crippen molar-refractivity contribution < 1.29 is 9.90 Å². The second-order valence-corrected chi connectivity index (χ2v) is 3.46. The second kappa shape index (κ2) is 4.58. The van der Waals surface area contributed by atoms with Crippen LogP contribution in [0.2, 0.25) is 0 Å². The zero-order valence-electron chi connectivity index (χ0n) is 8.36. The van der Waals surface area contributed by atoms with E-state index in [2.05, 4.69) is 0 Å². The monoisotopic (exact) mass is 186 g/mol. The molecule has 0 spiro atoms. The third-order valence-electron chi connectivity index (χ3n) is 2.36. The fourth-order valence-electron chi connectivity index (χ4n) is 1.62. The number of amides is 1. The maximum Gasteiger partial charge on any atom is 0.238 e. The molecular formula is C9H18N2O2. The molecule has 0 aromatic heterocycles. The van der Waals surface area contributed by atoms with Gasteiger partial charge in [0.1, 0.15) is 0 Å². The first-order valence-electron chi connectivity index (χ1n) is 4.88. The Bertz CT molecular complexity index is 184. The lowest BCUT2D eigenvalue weighted by Gasteiger charge is -2.31. The van der Waals surface area contributed by atoms with Gasteiger partial charge in [-0.2, -0.15) is 0 Å². The molecule has 1 atom stereocenters. The van der Waals surface area contributed by atoms with E-state index in [0.29, 0.717) is 6.42 Å². The van der Waals surface area contributed by atoms with Gasteiger partial charge in [0.2, 0.25) is 5.91 Å². The van der Waals surface area contributed by atoms with Crippen LogP contribution < -0.4 is 0 Å². The van der Waals surface area contributed by atoms with Crippen molar-refractivity contribution in [3.05, 3.63) is 0 Å². The lowest BCUT2D eigenvalue weighted by atomic mass is 10.3. The minimum absolute atomic E-state index is 0.0537. The van der Waals surface area contributed by atoms with Crippen LogP contribution in [0.5, 0.6) is 0 Å². The Morgan fingerprint density at radius 1 is 1.62 bits per heavy atom. The highest BCUT2D eigenvalue weighted by atomic mass is 16.3. The fraction of sp³-hybridized carbons (Fsp3) is 0.889. The molecule has 0 aromatic rings. The largest absolute Gasteiger partial charge is 0.395 e. The van der Waals surface area contributed by atoms with E-state index < -0.39 is 0 Å². The molecule has 1 amide bonds. The SMILES string of the molecule is CCCN1C(=O)CCN1C(C)CO. The van der Waals surface area contributed by atoms with Gasteiger partial charge in [-0.15, -0.1) is 0 Å². The molecule has 4 nitrogen and oxygen atoms in total. The van der Waals surface area contributed by atoms with Crippen LogP contribution in [0.25, 0.3) is 0 Å². The number of carbonyl (C=O) groups is 1. The van der Waals surface area contributed by atoms with Gasteiger partial charge in [0.15, 0.2) is 0 Å². The van der Waals surface area contributed by atoms with Gasteiger partial charge in [-0.25, -0.2) is 5.01 Å². The van der Waals surface area contributed by atoms with Crippen LogP contribution in [0.15, 0.2) is 0 Å². The summed E-state index contributed by atoms with van der Waals surface area (Å²) in [6.07, 6.45) is 1.55. The summed E-state index contributed by atoms with van der Waals surface area (Å²) in [5, 5.41) is 12.7. The zero-order valence-corrected chi connectivity index (χ0v) is 8.36. The van der Waals surface area contributed by atoms with E-state index >= 15 is 0 Å². The van der Waals surface area contributed by atoms with E-state index in [4.69, 9.17) is 5.11 Å². The Hall–Kier alpha value is -0.610. The third kappa shape index (κ3) is 2.19. The van der Waals surface area contributed by atoms with Gasteiger partial charge in [-0.05, 0) is 13.3 Å². The number of hydrogen-bond acceptors (Lipinski definition) is 3. The summed E-state index contributed by atoms with van der Waals surface area (Å²) >= 11 is 0. The molecule has 0 aromatic carbocycles. The molecule has 1 unspecified atom stereocenters. The molecule has 76 valence electrons. The Morgan fingerprint density at radius 3 is 2.85 bits per heavy atom. The molecule has 4 heteroatoms. The first kappa shape index (κ1) is 10.5. The molecule has 1 N–H and O–H groups in total. The van der Waals surface area contributed by atoms with Gasteiger partial charge >= 0.3 is 0 Å². The predicted molar refractivity (Wildman–Crippen MR) is 49.9 cm³/mol. The van der Waals surface area contributed by atoms with Crippen LogP contribution in [0, 0.1) is 0 Å². The minimum Gasteiger partial charge on any atom is -0.395 e. The molecule has 1 heterocycles. The van der Waals surface area contributed by atoms with Crippen LogP contribution in [-0.4, -0.2) is 46.8 Å². The Morgan fingerprint density at radius 2 is 2.31 bits per heavy atom. The topological polar surface area (TPSA) is 43.8 Å².